The Balaban J connectivity index is 1.96. The van der Waals surface area contributed by atoms with Gasteiger partial charge in [0.05, 0.1) is 17.9 Å². The van der Waals surface area contributed by atoms with Crippen LogP contribution in [0.3, 0.4) is 0 Å². The predicted octanol–water partition coefficient (Wildman–Crippen LogP) is 2.21. The van der Waals surface area contributed by atoms with Crippen LogP contribution in [0.15, 0.2) is 36.5 Å². The van der Waals surface area contributed by atoms with Gasteiger partial charge in [-0.2, -0.15) is 0 Å². The number of nitrogens with zero attached hydrogens (tertiary/aromatic N) is 2. The van der Waals surface area contributed by atoms with E-state index in [0.29, 0.717) is 6.54 Å². The number of benzene rings is 1. The third-order valence-electron chi connectivity index (χ3n) is 4.45. The fraction of sp³-hybridized carbons (Fsp3) is 0.222. The van der Waals surface area contributed by atoms with Crippen LogP contribution in [0.5, 0.6) is 11.5 Å². The number of fused-ring (bicyclic) bond motifs is 3. The Labute approximate surface area is 138 Å². The summed E-state index contributed by atoms with van der Waals surface area (Å²) in [5, 5.41) is 22.3. The minimum absolute atomic E-state index is 0.0630. The molecule has 6 nitrogen and oxygen atoms in total. The van der Waals surface area contributed by atoms with Gasteiger partial charge in [-0.25, -0.2) is 4.98 Å². The van der Waals surface area contributed by atoms with Crippen LogP contribution in [-0.4, -0.2) is 25.5 Å². The largest absolute Gasteiger partial charge is 0.504 e. The van der Waals surface area contributed by atoms with Crippen molar-refractivity contribution in [3.63, 3.8) is 0 Å². The van der Waals surface area contributed by atoms with Crippen molar-refractivity contribution in [1.29, 1.82) is 0 Å². The number of aromatic hydroxyl groups is 2. The Morgan fingerprint density at radius 1 is 1.21 bits per heavy atom. The molecule has 0 bridgehead atoms. The summed E-state index contributed by atoms with van der Waals surface area (Å²) in [5.74, 6) is -0.674. The van der Waals surface area contributed by atoms with Crippen molar-refractivity contribution in [3.05, 3.63) is 59.0 Å². The molecule has 24 heavy (non-hydrogen) atoms. The molecule has 0 aliphatic carbocycles. The molecular formula is C18H17N3O3. The molecule has 1 aliphatic rings. The third-order valence-corrected chi connectivity index (χ3v) is 4.45. The van der Waals surface area contributed by atoms with Gasteiger partial charge < -0.3 is 19.9 Å². The summed E-state index contributed by atoms with van der Waals surface area (Å²) in [4.78, 5) is 16.8. The quantitative estimate of drug-likeness (QED) is 0.599. The van der Waals surface area contributed by atoms with E-state index in [1.165, 1.54) is 12.1 Å². The zero-order chi connectivity index (χ0) is 16.8. The highest BCUT2D eigenvalue weighted by Crippen LogP contribution is 2.36. The second-order valence-electron chi connectivity index (χ2n) is 6.16. The molecule has 3 N–H and O–H groups in total. The number of amides is 1. The van der Waals surface area contributed by atoms with Crippen molar-refractivity contribution in [1.82, 2.24) is 14.7 Å². The lowest BCUT2D eigenvalue weighted by molar-refractivity contribution is -0.121. The smallest absolute Gasteiger partial charge is 0.221 e. The van der Waals surface area contributed by atoms with Crippen LogP contribution >= 0.6 is 0 Å². The van der Waals surface area contributed by atoms with Crippen LogP contribution in [0.1, 0.15) is 34.9 Å². The third kappa shape index (κ3) is 2.27. The van der Waals surface area contributed by atoms with Gasteiger partial charge in [0.25, 0.3) is 0 Å². The first-order valence-corrected chi connectivity index (χ1v) is 7.79. The molecule has 0 radical (unpaired) electrons. The summed E-state index contributed by atoms with van der Waals surface area (Å²) < 4.78 is 2.01. The summed E-state index contributed by atoms with van der Waals surface area (Å²) >= 11 is 0. The van der Waals surface area contributed by atoms with E-state index >= 15 is 0 Å². The number of hydrogen-bond donors (Lipinski definition) is 3. The van der Waals surface area contributed by atoms with Gasteiger partial charge in [0.15, 0.2) is 11.5 Å². The van der Waals surface area contributed by atoms with Crippen molar-refractivity contribution >= 4 is 11.6 Å². The maximum absolute atomic E-state index is 12.1. The molecule has 0 fully saturated rings. The number of phenols is 2. The predicted molar refractivity (Wildman–Crippen MR) is 88.0 cm³/mol. The average molecular weight is 323 g/mol. The normalized spacial score (nSPS) is 17.4. The van der Waals surface area contributed by atoms with Crippen molar-refractivity contribution < 1.29 is 15.0 Å². The maximum atomic E-state index is 12.1. The van der Waals surface area contributed by atoms with Gasteiger partial charge in [0.2, 0.25) is 5.91 Å². The zero-order valence-electron chi connectivity index (χ0n) is 13.2. The number of hydrogen-bond acceptors (Lipinski definition) is 4. The van der Waals surface area contributed by atoms with Gasteiger partial charge in [-0.1, -0.05) is 12.1 Å². The molecular weight excluding hydrogens is 306 g/mol. The molecule has 6 heteroatoms. The van der Waals surface area contributed by atoms with Gasteiger partial charge >= 0.3 is 0 Å². The summed E-state index contributed by atoms with van der Waals surface area (Å²) in [6.45, 7) is 2.39. The van der Waals surface area contributed by atoms with Crippen molar-refractivity contribution in [2.75, 3.05) is 0 Å². The summed E-state index contributed by atoms with van der Waals surface area (Å²) in [7, 11) is 0. The fourth-order valence-electron chi connectivity index (χ4n) is 3.29. The second kappa shape index (κ2) is 5.26. The van der Waals surface area contributed by atoms with Gasteiger partial charge in [-0.05, 0) is 36.2 Å². The first kappa shape index (κ1) is 14.6. The Hall–Kier alpha value is -3.02. The van der Waals surface area contributed by atoms with E-state index in [4.69, 9.17) is 0 Å². The number of aromatic nitrogens is 2. The molecule has 0 unspecified atom stereocenters. The summed E-state index contributed by atoms with van der Waals surface area (Å²) in [6, 6.07) is 8.65. The molecule has 1 aliphatic heterocycles. The Bertz CT molecular complexity index is 962. The highest BCUT2D eigenvalue weighted by atomic mass is 16.3. The molecule has 0 saturated carbocycles. The molecule has 1 atom stereocenters. The standard InChI is InChI=1S/C18H17N3O3/c1-10-2-5-16-20-13-8-19-17(24)7-12(18(13)21(16)9-10)11-3-4-14(22)15(23)6-11/h2-6,9,12,22-23H,7-8H2,1H3,(H,19,24)/t12-/m1/s1. The lowest BCUT2D eigenvalue weighted by Gasteiger charge is -2.16. The molecule has 4 rings (SSSR count). The number of phenolic OH excluding ortho intramolecular Hbond substituents is 2. The van der Waals surface area contributed by atoms with Gasteiger partial charge in [-0.3, -0.25) is 4.79 Å². The molecule has 0 saturated heterocycles. The monoisotopic (exact) mass is 323 g/mol. The van der Waals surface area contributed by atoms with E-state index in [2.05, 4.69) is 10.3 Å². The SMILES string of the molecule is Cc1ccc2nc3c(n2c1)[C@@H](c1ccc(O)c(O)c1)CC(=O)NC3. The van der Waals surface area contributed by atoms with Crippen LogP contribution in [0.4, 0.5) is 0 Å². The van der Waals surface area contributed by atoms with Gasteiger partial charge in [-0.15, -0.1) is 0 Å². The number of aryl methyl sites for hydroxylation is 1. The lowest BCUT2D eigenvalue weighted by atomic mass is 9.91. The van der Waals surface area contributed by atoms with Crippen molar-refractivity contribution in [3.8, 4) is 11.5 Å². The average Bonchev–Trinajstić information content (AvgIpc) is 2.82. The van der Waals surface area contributed by atoms with E-state index in [1.807, 2.05) is 29.7 Å². The Morgan fingerprint density at radius 3 is 2.83 bits per heavy atom. The van der Waals surface area contributed by atoms with Gasteiger partial charge in [0, 0.05) is 18.5 Å². The molecule has 3 heterocycles. The Kier molecular flexibility index (Phi) is 3.19. The van der Waals surface area contributed by atoms with E-state index in [0.717, 1.165) is 28.2 Å². The fourth-order valence-corrected chi connectivity index (χ4v) is 3.29. The number of rotatable bonds is 1. The number of pyridine rings is 1. The first-order chi connectivity index (χ1) is 11.5. The minimum atomic E-state index is -0.245. The first-order valence-electron chi connectivity index (χ1n) is 7.79. The van der Waals surface area contributed by atoms with Crippen LogP contribution in [0, 0.1) is 6.92 Å². The number of nitrogens with one attached hydrogen (secondary N) is 1. The van der Waals surface area contributed by atoms with E-state index in [-0.39, 0.29) is 29.7 Å². The van der Waals surface area contributed by atoms with Crippen LogP contribution in [0.2, 0.25) is 0 Å². The minimum Gasteiger partial charge on any atom is -0.504 e. The molecule has 1 aromatic carbocycles. The zero-order valence-corrected chi connectivity index (χ0v) is 13.2. The van der Waals surface area contributed by atoms with Crippen LogP contribution in [-0.2, 0) is 11.3 Å². The van der Waals surface area contributed by atoms with E-state index < -0.39 is 0 Å². The number of imidazole rings is 1. The molecule has 122 valence electrons. The molecule has 3 aromatic rings. The Morgan fingerprint density at radius 2 is 2.04 bits per heavy atom. The van der Waals surface area contributed by atoms with Crippen LogP contribution in [0.25, 0.3) is 5.65 Å². The summed E-state index contributed by atoms with van der Waals surface area (Å²) in [5.41, 5.74) is 4.46. The topological polar surface area (TPSA) is 86.9 Å². The van der Waals surface area contributed by atoms with Gasteiger partial charge in [0.1, 0.15) is 5.65 Å². The van der Waals surface area contributed by atoms with E-state index in [9.17, 15) is 15.0 Å². The maximum Gasteiger partial charge on any atom is 0.221 e. The van der Waals surface area contributed by atoms with Crippen molar-refractivity contribution in [2.45, 2.75) is 25.8 Å². The number of carbonyl (C=O) groups excluding carboxylic acids is 1. The summed E-state index contributed by atoms with van der Waals surface area (Å²) in [6.07, 6.45) is 2.27. The lowest BCUT2D eigenvalue weighted by Crippen LogP contribution is -2.21. The van der Waals surface area contributed by atoms with Crippen molar-refractivity contribution in [2.24, 2.45) is 0 Å². The molecule has 1 amide bonds. The second-order valence-corrected chi connectivity index (χ2v) is 6.16. The number of carbonyl (C=O) groups is 1. The molecule has 2 aromatic heterocycles. The highest BCUT2D eigenvalue weighted by Gasteiger charge is 2.29. The van der Waals surface area contributed by atoms with E-state index in [1.54, 1.807) is 6.07 Å². The highest BCUT2D eigenvalue weighted by molar-refractivity contribution is 5.78. The van der Waals surface area contributed by atoms with Crippen LogP contribution < -0.4 is 5.32 Å². The molecule has 0 spiro atoms.